The van der Waals surface area contributed by atoms with Gasteiger partial charge in [-0.1, -0.05) is 79.2 Å². The number of fused-ring (bicyclic) bond motifs is 1. The zero-order chi connectivity index (χ0) is 16.9. The molecule has 3 aromatic carbocycles. The molecule has 1 unspecified atom stereocenters. The molecule has 0 amide bonds. The maximum Gasteiger partial charge on any atom is 0.133 e. The van der Waals surface area contributed by atoms with E-state index in [9.17, 15) is 4.79 Å². The maximum absolute atomic E-state index is 12.4. The average Bonchev–Trinajstić information content (AvgIpc) is 2.59. The lowest BCUT2D eigenvalue weighted by Gasteiger charge is -2.14. The van der Waals surface area contributed by atoms with Crippen molar-refractivity contribution in [1.29, 1.82) is 0 Å². The lowest BCUT2D eigenvalue weighted by atomic mass is 9.90. The van der Waals surface area contributed by atoms with Gasteiger partial charge in [-0.2, -0.15) is 0 Å². The second-order valence-corrected chi connectivity index (χ2v) is 6.70. The second-order valence-electron chi connectivity index (χ2n) is 6.70. The Morgan fingerprint density at radius 3 is 2.54 bits per heavy atom. The molecule has 0 saturated carbocycles. The van der Waals surface area contributed by atoms with Gasteiger partial charge in [0.15, 0.2) is 0 Å². The van der Waals surface area contributed by atoms with Crippen LogP contribution in [-0.4, -0.2) is 5.78 Å². The van der Waals surface area contributed by atoms with E-state index < -0.39 is 0 Å². The summed E-state index contributed by atoms with van der Waals surface area (Å²) in [6.45, 7) is 4.25. The van der Waals surface area contributed by atoms with E-state index in [2.05, 4.69) is 80.6 Å². The summed E-state index contributed by atoms with van der Waals surface area (Å²) in [5.41, 5.74) is 3.78. The number of hydrogen-bond acceptors (Lipinski definition) is 1. The van der Waals surface area contributed by atoms with Crippen molar-refractivity contribution in [2.24, 2.45) is 0 Å². The average molecular weight is 316 g/mol. The molecular weight excluding hydrogens is 292 g/mol. The molecule has 0 aliphatic rings. The maximum atomic E-state index is 12.4. The summed E-state index contributed by atoms with van der Waals surface area (Å²) in [4.78, 5) is 12.4. The minimum atomic E-state index is 0.251. The fraction of sp³-hybridized carbons (Fsp3) is 0.261. The normalized spacial score (nSPS) is 12.2. The Balaban J connectivity index is 1.65. The monoisotopic (exact) mass is 316 g/mol. The number of aryl methyl sites for hydroxylation is 2. The van der Waals surface area contributed by atoms with Gasteiger partial charge < -0.3 is 0 Å². The van der Waals surface area contributed by atoms with Crippen molar-refractivity contribution in [3.63, 3.8) is 0 Å². The van der Waals surface area contributed by atoms with Crippen LogP contribution in [0.4, 0.5) is 0 Å². The summed E-state index contributed by atoms with van der Waals surface area (Å²) in [6, 6.07) is 23.2. The van der Waals surface area contributed by atoms with Crippen LogP contribution < -0.4 is 0 Å². The zero-order valence-corrected chi connectivity index (χ0v) is 14.5. The number of rotatable bonds is 6. The number of carbonyl (C=O) groups is 1. The Hall–Kier alpha value is -2.41. The SMILES string of the molecule is Cc1cccc(CCC(=O)CC(C)c2cccc3ccccc23)c1. The smallest absolute Gasteiger partial charge is 0.133 e. The fourth-order valence-electron chi connectivity index (χ4n) is 3.39. The standard InChI is InChI=1S/C23H24O/c1-17-7-5-8-19(15-17)13-14-21(24)16-18(2)22-12-6-10-20-9-3-4-11-23(20)22/h3-12,15,18H,13-14,16H2,1-2H3. The molecule has 24 heavy (non-hydrogen) atoms. The summed E-state index contributed by atoms with van der Waals surface area (Å²) >= 11 is 0. The number of hydrogen-bond donors (Lipinski definition) is 0. The molecule has 122 valence electrons. The summed E-state index contributed by atoms with van der Waals surface area (Å²) in [7, 11) is 0. The van der Waals surface area contributed by atoms with Crippen LogP contribution in [0.1, 0.15) is 42.4 Å². The Morgan fingerprint density at radius 2 is 1.71 bits per heavy atom. The third kappa shape index (κ3) is 3.91. The first-order chi connectivity index (χ1) is 11.6. The van der Waals surface area contributed by atoms with Crippen molar-refractivity contribution in [3.05, 3.63) is 83.4 Å². The molecule has 0 aliphatic carbocycles. The number of carbonyl (C=O) groups excluding carboxylic acids is 1. The Kier molecular flexibility index (Phi) is 5.10. The predicted molar refractivity (Wildman–Crippen MR) is 101 cm³/mol. The highest BCUT2D eigenvalue weighted by atomic mass is 16.1. The van der Waals surface area contributed by atoms with Crippen LogP contribution in [0.3, 0.4) is 0 Å². The van der Waals surface area contributed by atoms with Gasteiger partial charge in [0.05, 0.1) is 0 Å². The fourth-order valence-corrected chi connectivity index (χ4v) is 3.39. The van der Waals surface area contributed by atoms with Gasteiger partial charge in [0.2, 0.25) is 0 Å². The molecule has 0 N–H and O–H groups in total. The van der Waals surface area contributed by atoms with Crippen molar-refractivity contribution >= 4 is 16.6 Å². The van der Waals surface area contributed by atoms with Crippen molar-refractivity contribution in [2.45, 2.75) is 39.0 Å². The van der Waals surface area contributed by atoms with Crippen molar-refractivity contribution < 1.29 is 4.79 Å². The molecule has 0 heterocycles. The van der Waals surface area contributed by atoms with Crippen LogP contribution in [0.2, 0.25) is 0 Å². The molecule has 0 radical (unpaired) electrons. The third-order valence-corrected chi connectivity index (χ3v) is 4.66. The van der Waals surface area contributed by atoms with Crippen LogP contribution in [0.15, 0.2) is 66.7 Å². The molecule has 1 heteroatoms. The number of ketones is 1. The van der Waals surface area contributed by atoms with E-state index in [0.29, 0.717) is 18.6 Å². The van der Waals surface area contributed by atoms with E-state index in [-0.39, 0.29) is 5.92 Å². The molecule has 1 atom stereocenters. The lowest BCUT2D eigenvalue weighted by Crippen LogP contribution is -2.06. The van der Waals surface area contributed by atoms with Crippen LogP contribution >= 0.6 is 0 Å². The molecule has 0 aromatic heterocycles. The number of Topliss-reactive ketones (excluding diaryl/α,β-unsaturated/α-hetero) is 1. The molecule has 0 spiro atoms. The molecule has 0 fully saturated rings. The molecule has 1 nitrogen and oxygen atoms in total. The minimum absolute atomic E-state index is 0.251. The highest BCUT2D eigenvalue weighted by molar-refractivity contribution is 5.87. The largest absolute Gasteiger partial charge is 0.300 e. The van der Waals surface area contributed by atoms with Gasteiger partial charge in [-0.25, -0.2) is 0 Å². The quantitative estimate of drug-likeness (QED) is 0.558. The van der Waals surface area contributed by atoms with E-state index in [0.717, 1.165) is 6.42 Å². The van der Waals surface area contributed by atoms with Crippen molar-refractivity contribution in [3.8, 4) is 0 Å². The van der Waals surface area contributed by atoms with E-state index in [1.54, 1.807) is 0 Å². The van der Waals surface area contributed by atoms with Crippen LogP contribution in [0, 0.1) is 6.92 Å². The zero-order valence-electron chi connectivity index (χ0n) is 14.5. The highest BCUT2D eigenvalue weighted by Gasteiger charge is 2.13. The molecular formula is C23H24O. The molecule has 3 aromatic rings. The molecule has 0 saturated heterocycles. The van der Waals surface area contributed by atoms with E-state index >= 15 is 0 Å². The first-order valence-electron chi connectivity index (χ1n) is 8.68. The van der Waals surface area contributed by atoms with E-state index in [4.69, 9.17) is 0 Å². The van der Waals surface area contributed by atoms with E-state index in [1.807, 2.05) is 0 Å². The van der Waals surface area contributed by atoms with Gasteiger partial charge in [-0.3, -0.25) is 4.79 Å². The van der Waals surface area contributed by atoms with Gasteiger partial charge in [0.25, 0.3) is 0 Å². The summed E-state index contributed by atoms with van der Waals surface area (Å²) < 4.78 is 0. The summed E-state index contributed by atoms with van der Waals surface area (Å²) in [6.07, 6.45) is 2.07. The van der Waals surface area contributed by atoms with Crippen LogP contribution in [0.5, 0.6) is 0 Å². The van der Waals surface area contributed by atoms with Gasteiger partial charge >= 0.3 is 0 Å². The van der Waals surface area contributed by atoms with Crippen LogP contribution in [-0.2, 0) is 11.2 Å². The van der Waals surface area contributed by atoms with Crippen LogP contribution in [0.25, 0.3) is 10.8 Å². The van der Waals surface area contributed by atoms with Crippen molar-refractivity contribution in [1.82, 2.24) is 0 Å². The Morgan fingerprint density at radius 1 is 0.958 bits per heavy atom. The second kappa shape index (κ2) is 7.44. The Labute approximate surface area is 144 Å². The first-order valence-corrected chi connectivity index (χ1v) is 8.68. The summed E-state index contributed by atoms with van der Waals surface area (Å²) in [5, 5.41) is 2.51. The predicted octanol–water partition coefficient (Wildman–Crippen LogP) is 5.84. The molecule has 0 aliphatic heterocycles. The first kappa shape index (κ1) is 16.4. The summed E-state index contributed by atoms with van der Waals surface area (Å²) in [5.74, 6) is 0.595. The van der Waals surface area contributed by atoms with Gasteiger partial charge in [-0.05, 0) is 41.2 Å². The van der Waals surface area contributed by atoms with Gasteiger partial charge in [0, 0.05) is 12.8 Å². The lowest BCUT2D eigenvalue weighted by molar-refractivity contribution is -0.119. The molecule has 0 bridgehead atoms. The van der Waals surface area contributed by atoms with Gasteiger partial charge in [0.1, 0.15) is 5.78 Å². The van der Waals surface area contributed by atoms with Gasteiger partial charge in [-0.15, -0.1) is 0 Å². The minimum Gasteiger partial charge on any atom is -0.300 e. The van der Waals surface area contributed by atoms with E-state index in [1.165, 1.54) is 27.5 Å². The van der Waals surface area contributed by atoms with Crippen molar-refractivity contribution in [2.75, 3.05) is 0 Å². The number of benzene rings is 3. The highest BCUT2D eigenvalue weighted by Crippen LogP contribution is 2.28. The third-order valence-electron chi connectivity index (χ3n) is 4.66. The topological polar surface area (TPSA) is 17.1 Å². The molecule has 3 rings (SSSR count). The Bertz CT molecular complexity index is 842.